The Kier molecular flexibility index (Phi) is 4.04. The Hall–Kier alpha value is -2.35. The number of aromatic nitrogens is 3. The second-order valence-corrected chi connectivity index (χ2v) is 4.15. The number of rotatable bonds is 4. The first-order chi connectivity index (χ1) is 9.62. The standard InChI is InChI=1S/C12H13N3O4S/c1-17-7-5-4-6(9(18-2)10(7)19-3)8-11(16)13-12(20)15-14-8/h4-5H,1-3H3,(H2,13,15,16,20). The minimum Gasteiger partial charge on any atom is -0.493 e. The van der Waals surface area contributed by atoms with Crippen molar-refractivity contribution in [3.05, 3.63) is 27.3 Å². The van der Waals surface area contributed by atoms with Crippen molar-refractivity contribution < 1.29 is 14.2 Å². The molecule has 1 aromatic heterocycles. The van der Waals surface area contributed by atoms with Gasteiger partial charge >= 0.3 is 0 Å². The SMILES string of the molecule is COc1ccc(-c2n[nH]c(=S)[nH]c2=O)c(OC)c1OC. The highest BCUT2D eigenvalue weighted by Gasteiger charge is 2.19. The Morgan fingerprint density at radius 3 is 2.35 bits per heavy atom. The molecule has 1 heterocycles. The molecule has 0 atom stereocenters. The van der Waals surface area contributed by atoms with Gasteiger partial charge in [-0.25, -0.2) is 0 Å². The first kappa shape index (κ1) is 14.1. The van der Waals surface area contributed by atoms with Gasteiger partial charge in [-0.1, -0.05) is 0 Å². The second-order valence-electron chi connectivity index (χ2n) is 3.74. The van der Waals surface area contributed by atoms with E-state index in [1.165, 1.54) is 21.3 Å². The van der Waals surface area contributed by atoms with E-state index in [9.17, 15) is 4.79 Å². The minimum absolute atomic E-state index is 0.149. The number of nitrogens with zero attached hydrogens (tertiary/aromatic N) is 1. The number of ether oxygens (including phenoxy) is 3. The lowest BCUT2D eigenvalue weighted by Gasteiger charge is -2.14. The molecule has 0 aliphatic heterocycles. The van der Waals surface area contributed by atoms with Crippen molar-refractivity contribution in [3.63, 3.8) is 0 Å². The highest BCUT2D eigenvalue weighted by molar-refractivity contribution is 7.71. The summed E-state index contributed by atoms with van der Waals surface area (Å²) in [4.78, 5) is 14.4. The van der Waals surface area contributed by atoms with Crippen LogP contribution in [0.15, 0.2) is 16.9 Å². The molecule has 0 amide bonds. The lowest BCUT2D eigenvalue weighted by atomic mass is 10.1. The van der Waals surface area contributed by atoms with Crippen molar-refractivity contribution in [2.24, 2.45) is 0 Å². The molecule has 0 unspecified atom stereocenters. The van der Waals surface area contributed by atoms with Gasteiger partial charge in [-0.3, -0.25) is 14.9 Å². The third-order valence-electron chi connectivity index (χ3n) is 2.67. The van der Waals surface area contributed by atoms with Crippen molar-refractivity contribution in [2.45, 2.75) is 0 Å². The fourth-order valence-corrected chi connectivity index (χ4v) is 1.96. The average molecular weight is 295 g/mol. The lowest BCUT2D eigenvalue weighted by molar-refractivity contribution is 0.325. The molecule has 0 radical (unpaired) electrons. The molecule has 0 aliphatic rings. The molecule has 1 aromatic carbocycles. The number of aromatic amines is 2. The van der Waals surface area contributed by atoms with Gasteiger partial charge in [0.2, 0.25) is 5.75 Å². The summed E-state index contributed by atoms with van der Waals surface area (Å²) in [6, 6.07) is 3.33. The maximum atomic E-state index is 11.9. The number of methoxy groups -OCH3 is 3. The van der Waals surface area contributed by atoms with E-state index >= 15 is 0 Å². The quantitative estimate of drug-likeness (QED) is 0.831. The minimum atomic E-state index is -0.417. The van der Waals surface area contributed by atoms with Crippen LogP contribution in [0.5, 0.6) is 17.2 Å². The van der Waals surface area contributed by atoms with E-state index in [0.717, 1.165) is 0 Å². The molecule has 8 heteroatoms. The maximum absolute atomic E-state index is 11.9. The summed E-state index contributed by atoms with van der Waals surface area (Å²) in [5, 5.41) is 6.48. The van der Waals surface area contributed by atoms with Gasteiger partial charge in [0.15, 0.2) is 22.0 Å². The predicted octanol–water partition coefficient (Wildman–Crippen LogP) is 1.52. The monoisotopic (exact) mass is 295 g/mol. The predicted molar refractivity (Wildman–Crippen MR) is 75.1 cm³/mol. The summed E-state index contributed by atoms with van der Waals surface area (Å²) in [6.45, 7) is 0. The van der Waals surface area contributed by atoms with Crippen LogP contribution in [0.2, 0.25) is 0 Å². The first-order valence-corrected chi connectivity index (χ1v) is 6.01. The Labute approximate surface area is 119 Å². The Balaban J connectivity index is 2.74. The van der Waals surface area contributed by atoms with E-state index in [0.29, 0.717) is 22.8 Å². The molecule has 106 valence electrons. The highest BCUT2D eigenvalue weighted by Crippen LogP contribution is 2.42. The molecule has 0 saturated carbocycles. The second kappa shape index (κ2) is 5.74. The normalized spacial score (nSPS) is 10.2. The molecule has 0 aliphatic carbocycles. The molecular weight excluding hydrogens is 282 g/mol. The van der Waals surface area contributed by atoms with E-state index in [2.05, 4.69) is 15.2 Å². The maximum Gasteiger partial charge on any atom is 0.278 e. The third kappa shape index (κ3) is 2.37. The van der Waals surface area contributed by atoms with E-state index in [4.69, 9.17) is 26.4 Å². The van der Waals surface area contributed by atoms with E-state index in [-0.39, 0.29) is 10.5 Å². The van der Waals surface area contributed by atoms with Crippen LogP contribution in [0, 0.1) is 4.77 Å². The van der Waals surface area contributed by atoms with Gasteiger partial charge in [-0.15, -0.1) is 0 Å². The fraction of sp³-hybridized carbons (Fsp3) is 0.250. The van der Waals surface area contributed by atoms with Crippen LogP contribution in [-0.2, 0) is 0 Å². The molecular formula is C12H13N3O4S. The Bertz CT molecular complexity index is 738. The van der Waals surface area contributed by atoms with Crippen molar-refractivity contribution in [1.82, 2.24) is 15.2 Å². The molecule has 20 heavy (non-hydrogen) atoms. The van der Waals surface area contributed by atoms with Gasteiger partial charge < -0.3 is 14.2 Å². The van der Waals surface area contributed by atoms with Gasteiger partial charge in [-0.2, -0.15) is 5.10 Å². The molecule has 7 nitrogen and oxygen atoms in total. The van der Waals surface area contributed by atoms with Crippen LogP contribution < -0.4 is 19.8 Å². The smallest absolute Gasteiger partial charge is 0.278 e. The van der Waals surface area contributed by atoms with Crippen LogP contribution in [-0.4, -0.2) is 36.5 Å². The summed E-state index contributed by atoms with van der Waals surface area (Å²) < 4.78 is 15.9. The van der Waals surface area contributed by atoms with Gasteiger partial charge in [-0.05, 0) is 24.4 Å². The van der Waals surface area contributed by atoms with Crippen LogP contribution in [0.25, 0.3) is 11.3 Å². The molecule has 2 aromatic rings. The third-order valence-corrected chi connectivity index (χ3v) is 2.86. The summed E-state index contributed by atoms with van der Waals surface area (Å²) >= 11 is 4.81. The number of hydrogen-bond acceptors (Lipinski definition) is 6. The fourth-order valence-electron chi connectivity index (χ4n) is 1.82. The summed E-state index contributed by atoms with van der Waals surface area (Å²) in [5.74, 6) is 1.24. The summed E-state index contributed by atoms with van der Waals surface area (Å²) in [7, 11) is 4.47. The Morgan fingerprint density at radius 2 is 1.80 bits per heavy atom. The first-order valence-electron chi connectivity index (χ1n) is 5.60. The molecule has 2 rings (SSSR count). The van der Waals surface area contributed by atoms with E-state index in [1.807, 2.05) is 0 Å². The van der Waals surface area contributed by atoms with Crippen LogP contribution in [0.1, 0.15) is 0 Å². The van der Waals surface area contributed by atoms with Crippen LogP contribution >= 0.6 is 12.2 Å². The largest absolute Gasteiger partial charge is 0.493 e. The van der Waals surface area contributed by atoms with Crippen molar-refractivity contribution in [2.75, 3.05) is 21.3 Å². The van der Waals surface area contributed by atoms with Gasteiger partial charge in [0.1, 0.15) is 0 Å². The number of H-pyrrole nitrogens is 2. The topological polar surface area (TPSA) is 89.2 Å². The Morgan fingerprint density at radius 1 is 1.10 bits per heavy atom. The number of hydrogen-bond donors (Lipinski definition) is 2. The zero-order chi connectivity index (χ0) is 14.7. The lowest BCUT2D eigenvalue weighted by Crippen LogP contribution is -2.13. The molecule has 2 N–H and O–H groups in total. The molecule has 0 spiro atoms. The van der Waals surface area contributed by atoms with Gasteiger partial charge in [0, 0.05) is 0 Å². The zero-order valence-electron chi connectivity index (χ0n) is 11.1. The molecule has 0 fully saturated rings. The average Bonchev–Trinajstić information content (AvgIpc) is 2.45. The number of nitrogens with one attached hydrogen (secondary N) is 2. The highest BCUT2D eigenvalue weighted by atomic mass is 32.1. The van der Waals surface area contributed by atoms with Crippen molar-refractivity contribution in [1.29, 1.82) is 0 Å². The van der Waals surface area contributed by atoms with Gasteiger partial charge in [0.25, 0.3) is 5.56 Å². The van der Waals surface area contributed by atoms with Crippen molar-refractivity contribution in [3.8, 4) is 28.5 Å². The summed E-state index contributed by atoms with van der Waals surface area (Å²) in [6.07, 6.45) is 0. The summed E-state index contributed by atoms with van der Waals surface area (Å²) in [5.41, 5.74) is 0.202. The van der Waals surface area contributed by atoms with Crippen LogP contribution in [0.4, 0.5) is 0 Å². The van der Waals surface area contributed by atoms with E-state index < -0.39 is 5.56 Å². The van der Waals surface area contributed by atoms with Crippen molar-refractivity contribution >= 4 is 12.2 Å². The molecule has 0 bridgehead atoms. The molecule has 0 saturated heterocycles. The van der Waals surface area contributed by atoms with Crippen LogP contribution in [0.3, 0.4) is 0 Å². The van der Waals surface area contributed by atoms with E-state index in [1.54, 1.807) is 12.1 Å². The van der Waals surface area contributed by atoms with Gasteiger partial charge in [0.05, 0.1) is 26.9 Å². The zero-order valence-corrected chi connectivity index (χ0v) is 12.0. The number of benzene rings is 1.